The molecule has 0 radical (unpaired) electrons. The number of aromatic nitrogens is 1. The number of nitrogens with zero attached hydrogens (tertiary/aromatic N) is 1. The molecule has 5 aromatic carbocycles. The fraction of sp³-hybridized carbons (Fsp3) is 0.0625. The molecule has 0 aliphatic carbocycles. The second-order valence-corrected chi connectivity index (χ2v) is 9.34. The predicted octanol–water partition coefficient (Wildman–Crippen LogP) is 10.5. The van der Waals surface area contributed by atoms with Gasteiger partial charge in [-0.05, 0) is 65.7 Å². The van der Waals surface area contributed by atoms with Gasteiger partial charge >= 0.3 is 12.4 Å². The SMILES string of the molecule is FC(F)(F)c1ccccc1N(c1ccc(-c2ccc3[nH]c4ccccc4c3c2)cc1)c1ccccc1C(F)(F)F. The van der Waals surface area contributed by atoms with Gasteiger partial charge in [-0.3, -0.25) is 0 Å². The second-order valence-electron chi connectivity index (χ2n) is 9.34. The van der Waals surface area contributed by atoms with Gasteiger partial charge in [-0.15, -0.1) is 0 Å². The van der Waals surface area contributed by atoms with E-state index in [9.17, 15) is 26.3 Å². The highest BCUT2D eigenvalue weighted by Crippen LogP contribution is 2.47. The zero-order valence-electron chi connectivity index (χ0n) is 20.7. The van der Waals surface area contributed by atoms with Gasteiger partial charge in [-0.2, -0.15) is 26.3 Å². The molecule has 1 aromatic heterocycles. The van der Waals surface area contributed by atoms with E-state index in [0.29, 0.717) is 0 Å². The summed E-state index contributed by atoms with van der Waals surface area (Å²) in [6.07, 6.45) is -9.56. The highest BCUT2D eigenvalue weighted by atomic mass is 19.4. The fourth-order valence-electron chi connectivity index (χ4n) is 5.06. The number of H-pyrrole nitrogens is 1. The largest absolute Gasteiger partial charge is 0.418 e. The summed E-state index contributed by atoms with van der Waals surface area (Å²) in [5.74, 6) is 0. The van der Waals surface area contributed by atoms with E-state index in [1.165, 1.54) is 48.5 Å². The van der Waals surface area contributed by atoms with E-state index < -0.39 is 34.9 Å². The van der Waals surface area contributed by atoms with E-state index in [4.69, 9.17) is 0 Å². The second kappa shape index (κ2) is 9.48. The summed E-state index contributed by atoms with van der Waals surface area (Å²) in [5.41, 5.74) is 0.852. The van der Waals surface area contributed by atoms with Crippen LogP contribution < -0.4 is 4.90 Å². The third kappa shape index (κ3) is 4.55. The van der Waals surface area contributed by atoms with E-state index in [-0.39, 0.29) is 5.69 Å². The molecule has 0 atom stereocenters. The van der Waals surface area contributed by atoms with Crippen LogP contribution in [-0.2, 0) is 12.4 Å². The summed E-state index contributed by atoms with van der Waals surface area (Å²) in [4.78, 5) is 4.37. The average molecular weight is 547 g/mol. The minimum atomic E-state index is -4.78. The first-order chi connectivity index (χ1) is 19.1. The number of aromatic amines is 1. The van der Waals surface area contributed by atoms with Crippen LogP contribution in [-0.4, -0.2) is 4.98 Å². The first-order valence-electron chi connectivity index (χ1n) is 12.3. The molecule has 0 unspecified atom stereocenters. The van der Waals surface area contributed by atoms with Crippen molar-refractivity contribution >= 4 is 38.9 Å². The fourth-order valence-corrected chi connectivity index (χ4v) is 5.06. The van der Waals surface area contributed by atoms with Gasteiger partial charge < -0.3 is 9.88 Å². The number of hydrogen-bond donors (Lipinski definition) is 1. The van der Waals surface area contributed by atoms with Gasteiger partial charge in [0.05, 0.1) is 22.5 Å². The Hall–Kier alpha value is -4.72. The number of benzene rings is 5. The number of rotatable bonds is 4. The number of hydrogen-bond acceptors (Lipinski definition) is 1. The van der Waals surface area contributed by atoms with Gasteiger partial charge in [0.25, 0.3) is 0 Å². The Balaban J connectivity index is 1.50. The molecule has 0 fully saturated rings. The van der Waals surface area contributed by atoms with Crippen molar-refractivity contribution in [2.24, 2.45) is 0 Å². The maximum absolute atomic E-state index is 14.0. The lowest BCUT2D eigenvalue weighted by Gasteiger charge is -2.30. The van der Waals surface area contributed by atoms with Crippen LogP contribution in [0.2, 0.25) is 0 Å². The summed E-state index contributed by atoms with van der Waals surface area (Å²) in [5, 5.41) is 2.06. The van der Waals surface area contributed by atoms with Crippen LogP contribution in [0.15, 0.2) is 115 Å². The van der Waals surface area contributed by atoms with E-state index in [2.05, 4.69) is 4.98 Å². The predicted molar refractivity (Wildman–Crippen MR) is 146 cm³/mol. The maximum atomic E-state index is 14.0. The highest BCUT2D eigenvalue weighted by Gasteiger charge is 2.39. The van der Waals surface area contributed by atoms with Crippen molar-refractivity contribution < 1.29 is 26.3 Å². The minimum Gasteiger partial charge on any atom is -0.355 e. The van der Waals surface area contributed by atoms with E-state index in [0.717, 1.165) is 50.0 Å². The van der Waals surface area contributed by atoms with Gasteiger partial charge in [0.1, 0.15) is 0 Å². The third-order valence-electron chi connectivity index (χ3n) is 6.87. The van der Waals surface area contributed by atoms with Gasteiger partial charge in [0.2, 0.25) is 0 Å². The number of fused-ring (bicyclic) bond motifs is 3. The number of alkyl halides is 6. The molecule has 0 spiro atoms. The lowest BCUT2D eigenvalue weighted by molar-refractivity contribution is -0.137. The normalized spacial score (nSPS) is 12.2. The Morgan fingerprint density at radius 3 is 1.57 bits per heavy atom. The molecule has 0 saturated heterocycles. The lowest BCUT2D eigenvalue weighted by Crippen LogP contribution is -2.20. The Morgan fingerprint density at radius 1 is 0.475 bits per heavy atom. The van der Waals surface area contributed by atoms with Crippen LogP contribution in [0.4, 0.5) is 43.4 Å². The van der Waals surface area contributed by atoms with E-state index in [1.807, 2.05) is 42.5 Å². The van der Waals surface area contributed by atoms with Crippen molar-refractivity contribution in [2.45, 2.75) is 12.4 Å². The molecule has 1 heterocycles. The van der Waals surface area contributed by atoms with Gasteiger partial charge in [-0.25, -0.2) is 0 Å². The van der Waals surface area contributed by atoms with Crippen molar-refractivity contribution in [2.75, 3.05) is 4.90 Å². The topological polar surface area (TPSA) is 19.0 Å². The molecule has 40 heavy (non-hydrogen) atoms. The van der Waals surface area contributed by atoms with Crippen molar-refractivity contribution in [3.8, 4) is 11.1 Å². The molecule has 1 N–H and O–H groups in total. The molecular formula is C32H20F6N2. The van der Waals surface area contributed by atoms with Crippen molar-refractivity contribution in [3.63, 3.8) is 0 Å². The maximum Gasteiger partial charge on any atom is 0.418 e. The summed E-state index contributed by atoms with van der Waals surface area (Å²) < 4.78 is 84.1. The van der Waals surface area contributed by atoms with E-state index >= 15 is 0 Å². The minimum absolute atomic E-state index is 0.158. The van der Waals surface area contributed by atoms with Crippen LogP contribution in [0.5, 0.6) is 0 Å². The monoisotopic (exact) mass is 546 g/mol. The molecule has 6 aromatic rings. The summed E-state index contributed by atoms with van der Waals surface area (Å²) >= 11 is 0. The number of anilines is 3. The molecule has 0 aliphatic heterocycles. The zero-order valence-corrected chi connectivity index (χ0v) is 20.7. The molecule has 0 aliphatic rings. The number of halogens is 6. The zero-order chi connectivity index (χ0) is 28.1. The summed E-state index contributed by atoms with van der Waals surface area (Å²) in [7, 11) is 0. The Kier molecular flexibility index (Phi) is 6.06. The molecule has 0 bridgehead atoms. The average Bonchev–Trinajstić information content (AvgIpc) is 3.31. The molecule has 6 rings (SSSR count). The molecule has 8 heteroatoms. The smallest absolute Gasteiger partial charge is 0.355 e. The first kappa shape index (κ1) is 25.6. The van der Waals surface area contributed by atoms with Crippen LogP contribution in [0.3, 0.4) is 0 Å². The van der Waals surface area contributed by atoms with Gasteiger partial charge in [0, 0.05) is 27.5 Å². The molecular weight excluding hydrogens is 526 g/mol. The standard InChI is InChI=1S/C32H20F6N2/c33-31(34,35)25-8-2-5-11-29(25)40(30-12-6-3-9-26(30)32(36,37)38)22-16-13-20(14-17-22)21-15-18-28-24(19-21)23-7-1-4-10-27(23)39-28/h1-19,39H. The van der Waals surface area contributed by atoms with Crippen LogP contribution in [0.25, 0.3) is 32.9 Å². The van der Waals surface area contributed by atoms with Gasteiger partial charge in [0.15, 0.2) is 0 Å². The van der Waals surface area contributed by atoms with Crippen LogP contribution in [0.1, 0.15) is 11.1 Å². The lowest BCUT2D eigenvalue weighted by atomic mass is 10.0. The molecule has 0 saturated carbocycles. The molecule has 0 amide bonds. The summed E-state index contributed by atoms with van der Waals surface area (Å²) in [6.45, 7) is 0. The third-order valence-corrected chi connectivity index (χ3v) is 6.87. The van der Waals surface area contributed by atoms with Crippen LogP contribution in [0, 0.1) is 0 Å². The Labute approximate surface area is 225 Å². The molecule has 200 valence electrons. The first-order valence-corrected chi connectivity index (χ1v) is 12.3. The number of para-hydroxylation sites is 3. The van der Waals surface area contributed by atoms with Crippen molar-refractivity contribution in [1.29, 1.82) is 0 Å². The van der Waals surface area contributed by atoms with Crippen LogP contribution >= 0.6 is 0 Å². The quantitative estimate of drug-likeness (QED) is 0.218. The van der Waals surface area contributed by atoms with E-state index in [1.54, 1.807) is 12.1 Å². The van der Waals surface area contributed by atoms with Crippen molar-refractivity contribution in [1.82, 2.24) is 4.98 Å². The Bertz CT molecular complexity index is 1770. The van der Waals surface area contributed by atoms with Crippen molar-refractivity contribution in [3.05, 3.63) is 126 Å². The Morgan fingerprint density at radius 2 is 0.975 bits per heavy atom. The summed E-state index contributed by atoms with van der Waals surface area (Å²) in [6, 6.07) is 29.5. The highest BCUT2D eigenvalue weighted by molar-refractivity contribution is 6.08. The molecule has 2 nitrogen and oxygen atoms in total. The van der Waals surface area contributed by atoms with Gasteiger partial charge in [-0.1, -0.05) is 60.7 Å². The number of nitrogens with one attached hydrogen (secondary N) is 1.